The van der Waals surface area contributed by atoms with E-state index in [1.54, 1.807) is 114 Å². The Morgan fingerprint density at radius 1 is 0.425 bits per heavy atom. The van der Waals surface area contributed by atoms with Gasteiger partial charge in [0.05, 0.1) is 18.1 Å². The predicted molar refractivity (Wildman–Crippen MR) is 384 cm³/mol. The van der Waals surface area contributed by atoms with E-state index < -0.39 is 163 Å². The third-order valence-corrected chi connectivity index (χ3v) is 16.0. The molecular formula is C70H103N15O21. The smallest absolute Gasteiger partial charge is 0.312 e. The van der Waals surface area contributed by atoms with E-state index in [-0.39, 0.29) is 109 Å². The summed E-state index contributed by atoms with van der Waals surface area (Å²) in [4.78, 5) is 208. The SMILES string of the molecule is [2H]C(=O)OCc1ccc(NC(=O)C(CCCNC(N)=O)CC(=O)C(NC(=O)CCC(NC(=O)CON)C(=O)NC(C(=O)CC(CCCNC(N)=O)C(=O)Nc2ccc(COC(C)=O)cc2)C(C)C)C(C)C)cc1.[2H]C(=O)OCc1ccc(NC(=O)C(CCCNC(N)=O)CC(=O)C(NC(=O)CON)C(C)C)cc1. The second kappa shape index (κ2) is 50.4. The van der Waals surface area contributed by atoms with Gasteiger partial charge in [0.25, 0.3) is 12.9 Å². The molecule has 0 fully saturated rings. The molecule has 0 saturated carbocycles. The third-order valence-electron chi connectivity index (χ3n) is 16.0. The molecule has 36 nitrogen and oxygen atoms in total. The van der Waals surface area contributed by atoms with E-state index in [0.29, 0.717) is 40.2 Å². The zero-order chi connectivity index (χ0) is 81.0. The second-order valence-electron chi connectivity index (χ2n) is 25.6. The Morgan fingerprint density at radius 3 is 1.04 bits per heavy atom. The van der Waals surface area contributed by atoms with Gasteiger partial charge in [-0.3, -0.25) is 72.0 Å². The van der Waals surface area contributed by atoms with Gasteiger partial charge in [0, 0.05) is 87.1 Å². The van der Waals surface area contributed by atoms with Crippen molar-refractivity contribution in [3.63, 3.8) is 0 Å². The number of primary amides is 3. The van der Waals surface area contributed by atoms with E-state index >= 15 is 0 Å². The molecule has 0 aliphatic heterocycles. The number of ether oxygens (including phenoxy) is 3. The number of nitrogens with two attached hydrogens (primary N) is 5. The Bertz CT molecular complexity index is 3500. The van der Waals surface area contributed by atoms with Crippen molar-refractivity contribution in [2.24, 2.45) is 64.5 Å². The Labute approximate surface area is 617 Å². The summed E-state index contributed by atoms with van der Waals surface area (Å²) >= 11 is 0. The van der Waals surface area contributed by atoms with Gasteiger partial charge in [0.15, 0.2) is 20.1 Å². The highest BCUT2D eigenvalue weighted by Gasteiger charge is 2.35. The van der Waals surface area contributed by atoms with Crippen LogP contribution in [0.2, 0.25) is 0 Å². The van der Waals surface area contributed by atoms with Gasteiger partial charge in [0.1, 0.15) is 39.1 Å². The molecule has 106 heavy (non-hydrogen) atoms. The molecule has 0 aliphatic carbocycles. The number of carbonyl (C=O) groups excluding carboxylic acids is 16. The van der Waals surface area contributed by atoms with Crippen molar-refractivity contribution in [3.05, 3.63) is 89.5 Å². The molecule has 13 amide bonds. The molecule has 0 aliphatic rings. The van der Waals surface area contributed by atoms with Gasteiger partial charge in [-0.2, -0.15) is 0 Å². The van der Waals surface area contributed by atoms with E-state index in [1.165, 1.54) is 6.92 Å². The molecule has 0 saturated heterocycles. The minimum absolute atomic E-state index is 0.0258. The van der Waals surface area contributed by atoms with Crippen molar-refractivity contribution in [1.29, 1.82) is 0 Å². The zero-order valence-electron chi connectivity index (χ0n) is 62.6. The molecule has 36 heteroatoms. The van der Waals surface area contributed by atoms with Gasteiger partial charge < -0.3 is 84.6 Å². The summed E-state index contributed by atoms with van der Waals surface area (Å²) in [5.74, 6) is -0.100. The average molecular weight is 1490 g/mol. The minimum Gasteiger partial charge on any atom is -0.463 e. The number of carbonyl (C=O) groups is 16. The van der Waals surface area contributed by atoms with Crippen molar-refractivity contribution in [2.45, 2.75) is 163 Å². The van der Waals surface area contributed by atoms with Crippen LogP contribution in [-0.2, 0) is 106 Å². The summed E-state index contributed by atoms with van der Waals surface area (Å²) in [6.07, 6.45) is -2.46. The fourth-order valence-corrected chi connectivity index (χ4v) is 10.5. The molecule has 7 atom stereocenters. The van der Waals surface area contributed by atoms with Crippen LogP contribution < -0.4 is 82.2 Å². The van der Waals surface area contributed by atoms with Crippen molar-refractivity contribution in [3.8, 4) is 0 Å². The molecule has 20 N–H and O–H groups in total. The molecule has 0 radical (unpaired) electrons. The maximum atomic E-state index is 14.0. The third kappa shape index (κ3) is 38.0. The molecular weight excluding hydrogens is 1390 g/mol. The Morgan fingerprint density at radius 2 is 0.736 bits per heavy atom. The topological polar surface area (TPSA) is 570 Å². The molecule has 3 aromatic rings. The number of anilines is 3. The molecule has 0 spiro atoms. The van der Waals surface area contributed by atoms with E-state index in [1.807, 2.05) is 0 Å². The first kappa shape index (κ1) is 87.4. The van der Waals surface area contributed by atoms with Gasteiger partial charge in [-0.05, 0) is 116 Å². The summed E-state index contributed by atoms with van der Waals surface area (Å²) in [5, 5.41) is 26.0. The quantitative estimate of drug-likeness (QED) is 0.0126. The van der Waals surface area contributed by atoms with Crippen LogP contribution in [-0.4, -0.2) is 153 Å². The number of hydrogen-bond donors (Lipinski definition) is 15. The lowest BCUT2D eigenvalue weighted by atomic mass is 9.89. The average Bonchev–Trinajstić information content (AvgIpc) is 0.864. The fourth-order valence-electron chi connectivity index (χ4n) is 10.5. The first-order chi connectivity index (χ1) is 51.0. The lowest BCUT2D eigenvalue weighted by Gasteiger charge is -2.27. The van der Waals surface area contributed by atoms with Crippen molar-refractivity contribution in [1.82, 2.24) is 37.2 Å². The molecule has 584 valence electrons. The summed E-state index contributed by atoms with van der Waals surface area (Å²) in [5.41, 5.74) is 18.5. The van der Waals surface area contributed by atoms with Crippen LogP contribution in [0.3, 0.4) is 0 Å². The fraction of sp³-hybridized carbons (Fsp3) is 0.514. The number of rotatable bonds is 48. The first-order valence-corrected chi connectivity index (χ1v) is 34.1. The molecule has 0 heterocycles. The molecule has 0 aromatic heterocycles. The normalized spacial score (nSPS) is 13.0. The molecule has 7 unspecified atom stereocenters. The van der Waals surface area contributed by atoms with Crippen LogP contribution in [0.15, 0.2) is 72.8 Å². The lowest BCUT2D eigenvalue weighted by molar-refractivity contribution is -0.142. The standard InChI is InChI=1S/C48H70N10O14.C22H33N5O7/c1-28(2)42(38(61)22-33(8-6-20-52-47(49)68)44(65)54-35-14-10-31(11-15-35)24-70-27-59)57-40(63)19-18-37(56-41(64)26-72-51)46(67)58-43(29(3)4)39(62)23-34(9-7-21-53-48(50)69)45(66)55-36-16-12-32(13-17-36)25-71-30(5)60;1-14(2)20(27-19(30)12-34-24)18(29)10-16(4-3-9-25-22(23)32)21(31)26-17-7-5-15(6-8-17)11-33-13-28/h10-17,27-29,33-34,37,42-43H,6-9,18-26,51H2,1-5H3,(H,54,65)(H,55,66)(H,56,64)(H,57,63)(H,58,67)(H3,49,52,68)(H3,50,53,69);5-8,13-14,16,20H,3-4,9-12,24H2,1-2H3,(H,26,31)(H,27,30)(H3,23,25,32)/i27D;13D. The van der Waals surface area contributed by atoms with E-state index in [9.17, 15) is 76.7 Å². The van der Waals surface area contributed by atoms with Crippen LogP contribution in [0.1, 0.15) is 139 Å². The second-order valence-corrected chi connectivity index (χ2v) is 25.6. The van der Waals surface area contributed by atoms with Gasteiger partial charge in [-0.15, -0.1) is 0 Å². The minimum atomic E-state index is -1.43. The molecule has 0 bridgehead atoms. The highest BCUT2D eigenvalue weighted by atomic mass is 16.6. The summed E-state index contributed by atoms with van der Waals surface area (Å²) < 4.78 is 27.9. The Balaban J connectivity index is 0.000000942. The summed E-state index contributed by atoms with van der Waals surface area (Å²) in [6.45, 7) is 10.7. The summed E-state index contributed by atoms with van der Waals surface area (Å²) in [6, 6.07) is 12.4. The van der Waals surface area contributed by atoms with E-state index in [0.717, 1.165) is 0 Å². The number of hydrogen-bond acceptors (Lipinski definition) is 23. The van der Waals surface area contributed by atoms with Crippen LogP contribution in [0.4, 0.5) is 31.4 Å². The number of ketones is 3. The van der Waals surface area contributed by atoms with Gasteiger partial charge in [0.2, 0.25) is 41.4 Å². The molecule has 3 rings (SSSR count). The maximum absolute atomic E-state index is 14.0. The highest BCUT2D eigenvalue weighted by Crippen LogP contribution is 2.24. The van der Waals surface area contributed by atoms with Gasteiger partial charge in [-0.1, -0.05) is 77.9 Å². The van der Waals surface area contributed by atoms with Gasteiger partial charge in [-0.25, -0.2) is 26.2 Å². The first-order valence-electron chi connectivity index (χ1n) is 35.1. The number of Topliss-reactive ketones (excluding diaryl/α,β-unsaturated/α-hetero) is 3. The highest BCUT2D eigenvalue weighted by molar-refractivity contribution is 6.00. The Hall–Kier alpha value is -11.0. The monoisotopic (exact) mass is 1490 g/mol. The van der Waals surface area contributed by atoms with Crippen molar-refractivity contribution < 1.29 is 103 Å². The van der Waals surface area contributed by atoms with E-state index in [2.05, 4.69) is 72.3 Å². The number of nitrogens with one attached hydrogen (secondary N) is 10. The van der Waals surface area contributed by atoms with E-state index in [4.69, 9.17) is 36.5 Å². The number of benzene rings is 3. The molecule has 3 aromatic carbocycles. The Kier molecular flexibility index (Phi) is 41.6. The zero-order valence-corrected chi connectivity index (χ0v) is 60.6. The van der Waals surface area contributed by atoms with Crippen LogP contribution in [0, 0.1) is 35.5 Å². The van der Waals surface area contributed by atoms with Crippen molar-refractivity contribution in [2.75, 3.05) is 48.8 Å². The lowest BCUT2D eigenvalue weighted by Crippen LogP contribution is -2.54. The van der Waals surface area contributed by atoms with Crippen LogP contribution in [0.25, 0.3) is 0 Å². The van der Waals surface area contributed by atoms with Crippen LogP contribution in [0.5, 0.6) is 0 Å². The van der Waals surface area contributed by atoms with Crippen molar-refractivity contribution >= 4 is 113 Å². The van der Waals surface area contributed by atoms with Gasteiger partial charge >= 0.3 is 24.1 Å². The summed E-state index contributed by atoms with van der Waals surface area (Å²) in [7, 11) is 0. The number of esters is 1. The number of amides is 13. The largest absolute Gasteiger partial charge is 0.463 e. The van der Waals surface area contributed by atoms with Crippen LogP contribution >= 0.6 is 0 Å². The number of urea groups is 3. The maximum Gasteiger partial charge on any atom is 0.312 e. The predicted octanol–water partition coefficient (Wildman–Crippen LogP) is 1.84.